The van der Waals surface area contributed by atoms with Crippen LogP contribution >= 0.6 is 0 Å². The third kappa shape index (κ3) is 1.29. The molecule has 1 aromatic heterocycles. The van der Waals surface area contributed by atoms with E-state index in [1.54, 1.807) is 18.2 Å². The summed E-state index contributed by atoms with van der Waals surface area (Å²) in [6, 6.07) is 6.29. The lowest BCUT2D eigenvalue weighted by Crippen LogP contribution is -2.13. The molecular weight excluding hydrogens is 183 g/mol. The summed E-state index contributed by atoms with van der Waals surface area (Å²) in [5, 5.41) is 0.682. The van der Waals surface area contributed by atoms with Crippen molar-refractivity contribution in [2.75, 3.05) is 6.54 Å². The van der Waals surface area contributed by atoms with Gasteiger partial charge in [0.25, 0.3) is 0 Å². The maximum Gasteiger partial charge on any atom is 0.192 e. The number of benzene rings is 1. The summed E-state index contributed by atoms with van der Waals surface area (Å²) in [7, 11) is 0. The van der Waals surface area contributed by atoms with Crippen molar-refractivity contribution in [3.63, 3.8) is 0 Å². The SMILES string of the molecule is NCC(=O)c1cc2cccc(F)c2[nH]1. The minimum Gasteiger partial charge on any atom is -0.350 e. The number of Topliss-reactive ketones (excluding diaryl/α,β-unsaturated/α-hetero) is 1. The molecule has 0 aliphatic rings. The summed E-state index contributed by atoms with van der Waals surface area (Å²) in [5.41, 5.74) is 5.91. The van der Waals surface area contributed by atoms with Crippen molar-refractivity contribution in [2.24, 2.45) is 5.73 Å². The topological polar surface area (TPSA) is 58.9 Å². The second-order valence-corrected chi connectivity index (χ2v) is 3.01. The lowest BCUT2D eigenvalue weighted by Gasteiger charge is -1.91. The molecule has 0 saturated heterocycles. The Labute approximate surface area is 79.7 Å². The number of H-pyrrole nitrogens is 1. The van der Waals surface area contributed by atoms with Crippen molar-refractivity contribution < 1.29 is 9.18 Å². The molecule has 3 N–H and O–H groups in total. The average molecular weight is 192 g/mol. The number of ketones is 1. The van der Waals surface area contributed by atoms with Crippen LogP contribution in [0.4, 0.5) is 4.39 Å². The van der Waals surface area contributed by atoms with Crippen LogP contribution in [-0.2, 0) is 0 Å². The zero-order chi connectivity index (χ0) is 10.1. The van der Waals surface area contributed by atoms with E-state index < -0.39 is 0 Å². The van der Waals surface area contributed by atoms with Crippen LogP contribution in [0.25, 0.3) is 10.9 Å². The normalized spacial score (nSPS) is 10.7. The molecule has 0 atom stereocenters. The Kier molecular flexibility index (Phi) is 2.05. The van der Waals surface area contributed by atoms with E-state index in [1.807, 2.05) is 0 Å². The summed E-state index contributed by atoms with van der Waals surface area (Å²) in [6.07, 6.45) is 0. The Balaban J connectivity index is 2.62. The molecule has 1 aromatic carbocycles. The van der Waals surface area contributed by atoms with Crippen molar-refractivity contribution in [3.8, 4) is 0 Å². The van der Waals surface area contributed by atoms with E-state index in [2.05, 4.69) is 4.98 Å². The molecular formula is C10H9FN2O. The van der Waals surface area contributed by atoms with E-state index in [1.165, 1.54) is 6.07 Å². The first kappa shape index (κ1) is 8.90. The number of para-hydroxylation sites is 1. The van der Waals surface area contributed by atoms with Crippen molar-refractivity contribution in [3.05, 3.63) is 35.8 Å². The van der Waals surface area contributed by atoms with Gasteiger partial charge in [-0.2, -0.15) is 0 Å². The number of aromatic nitrogens is 1. The standard InChI is InChI=1S/C10H9FN2O/c11-7-3-1-2-6-4-8(9(14)5-12)13-10(6)7/h1-4,13H,5,12H2. The molecule has 2 aromatic rings. The molecule has 0 amide bonds. The first-order chi connectivity index (χ1) is 6.72. The maximum absolute atomic E-state index is 13.2. The fraction of sp³-hybridized carbons (Fsp3) is 0.100. The lowest BCUT2D eigenvalue weighted by atomic mass is 10.2. The predicted molar refractivity (Wildman–Crippen MR) is 51.6 cm³/mol. The molecule has 72 valence electrons. The molecule has 0 aliphatic carbocycles. The van der Waals surface area contributed by atoms with Gasteiger partial charge >= 0.3 is 0 Å². The molecule has 14 heavy (non-hydrogen) atoms. The Morgan fingerprint density at radius 2 is 2.29 bits per heavy atom. The Bertz CT molecular complexity index is 490. The number of carbonyl (C=O) groups is 1. The number of nitrogens with one attached hydrogen (secondary N) is 1. The van der Waals surface area contributed by atoms with Crippen LogP contribution in [0.1, 0.15) is 10.5 Å². The summed E-state index contributed by atoms with van der Waals surface area (Å²) in [4.78, 5) is 13.9. The predicted octanol–water partition coefficient (Wildman–Crippen LogP) is 1.45. The quantitative estimate of drug-likeness (QED) is 0.707. The van der Waals surface area contributed by atoms with Crippen LogP contribution < -0.4 is 5.73 Å². The van der Waals surface area contributed by atoms with E-state index >= 15 is 0 Å². The second-order valence-electron chi connectivity index (χ2n) is 3.01. The van der Waals surface area contributed by atoms with Crippen LogP contribution in [0.2, 0.25) is 0 Å². The van der Waals surface area contributed by atoms with Gasteiger partial charge in [0.2, 0.25) is 0 Å². The number of hydrogen-bond donors (Lipinski definition) is 2. The molecule has 0 fully saturated rings. The highest BCUT2D eigenvalue weighted by molar-refractivity contribution is 6.00. The Morgan fingerprint density at radius 3 is 2.93 bits per heavy atom. The van der Waals surface area contributed by atoms with Crippen LogP contribution in [0.3, 0.4) is 0 Å². The molecule has 0 bridgehead atoms. The molecule has 0 saturated carbocycles. The largest absolute Gasteiger partial charge is 0.350 e. The summed E-state index contributed by atoms with van der Waals surface area (Å²) >= 11 is 0. The maximum atomic E-state index is 13.2. The molecule has 0 spiro atoms. The highest BCUT2D eigenvalue weighted by Gasteiger charge is 2.09. The molecule has 4 heteroatoms. The van der Waals surface area contributed by atoms with Gasteiger partial charge < -0.3 is 10.7 Å². The van der Waals surface area contributed by atoms with E-state index in [9.17, 15) is 9.18 Å². The van der Waals surface area contributed by atoms with Gasteiger partial charge in [0.05, 0.1) is 17.8 Å². The zero-order valence-corrected chi connectivity index (χ0v) is 7.38. The van der Waals surface area contributed by atoms with Gasteiger partial charge in [-0.1, -0.05) is 12.1 Å². The molecule has 3 nitrogen and oxygen atoms in total. The minimum atomic E-state index is -0.362. The number of nitrogens with two attached hydrogens (primary N) is 1. The second kappa shape index (κ2) is 3.23. The number of rotatable bonds is 2. The van der Waals surface area contributed by atoms with Crippen LogP contribution in [0.15, 0.2) is 24.3 Å². The fourth-order valence-electron chi connectivity index (χ4n) is 1.38. The van der Waals surface area contributed by atoms with Crippen LogP contribution in [-0.4, -0.2) is 17.3 Å². The number of carbonyl (C=O) groups excluding carboxylic acids is 1. The smallest absolute Gasteiger partial charge is 0.192 e. The van der Waals surface area contributed by atoms with E-state index in [0.717, 1.165) is 0 Å². The Hall–Kier alpha value is -1.68. The average Bonchev–Trinajstić information content (AvgIpc) is 2.62. The number of fused-ring (bicyclic) bond motifs is 1. The molecule has 0 unspecified atom stereocenters. The molecule has 1 heterocycles. The van der Waals surface area contributed by atoms with Gasteiger partial charge in [0.15, 0.2) is 5.78 Å². The van der Waals surface area contributed by atoms with Crippen molar-refractivity contribution in [1.82, 2.24) is 4.98 Å². The van der Waals surface area contributed by atoms with Crippen molar-refractivity contribution in [2.45, 2.75) is 0 Å². The summed E-state index contributed by atoms with van der Waals surface area (Å²) in [6.45, 7) is -0.0750. The minimum absolute atomic E-state index is 0.0750. The van der Waals surface area contributed by atoms with E-state index in [0.29, 0.717) is 16.6 Å². The monoisotopic (exact) mass is 192 g/mol. The molecule has 0 radical (unpaired) electrons. The van der Waals surface area contributed by atoms with Gasteiger partial charge in [0.1, 0.15) is 5.82 Å². The summed E-state index contributed by atoms with van der Waals surface area (Å²) < 4.78 is 13.2. The lowest BCUT2D eigenvalue weighted by molar-refractivity contribution is 0.0997. The fourth-order valence-corrected chi connectivity index (χ4v) is 1.38. The highest BCUT2D eigenvalue weighted by Crippen LogP contribution is 2.18. The third-order valence-electron chi connectivity index (χ3n) is 2.09. The van der Waals surface area contributed by atoms with E-state index in [-0.39, 0.29) is 18.1 Å². The van der Waals surface area contributed by atoms with Gasteiger partial charge in [-0.3, -0.25) is 4.79 Å². The Morgan fingerprint density at radius 1 is 1.50 bits per heavy atom. The van der Waals surface area contributed by atoms with Crippen LogP contribution in [0.5, 0.6) is 0 Å². The highest BCUT2D eigenvalue weighted by atomic mass is 19.1. The number of hydrogen-bond acceptors (Lipinski definition) is 2. The first-order valence-electron chi connectivity index (χ1n) is 4.23. The third-order valence-corrected chi connectivity index (χ3v) is 2.09. The zero-order valence-electron chi connectivity index (χ0n) is 7.38. The summed E-state index contributed by atoms with van der Waals surface area (Å²) in [5.74, 6) is -0.584. The number of halogens is 1. The van der Waals surface area contributed by atoms with Crippen molar-refractivity contribution in [1.29, 1.82) is 0 Å². The molecule has 0 aliphatic heterocycles. The first-order valence-corrected chi connectivity index (χ1v) is 4.23. The van der Waals surface area contributed by atoms with E-state index in [4.69, 9.17) is 5.73 Å². The van der Waals surface area contributed by atoms with Gasteiger partial charge in [-0.15, -0.1) is 0 Å². The number of aromatic amines is 1. The van der Waals surface area contributed by atoms with Crippen LogP contribution in [0, 0.1) is 5.82 Å². The van der Waals surface area contributed by atoms with Gasteiger partial charge in [-0.25, -0.2) is 4.39 Å². The van der Waals surface area contributed by atoms with Gasteiger partial charge in [0, 0.05) is 5.39 Å². The van der Waals surface area contributed by atoms with Crippen molar-refractivity contribution >= 4 is 16.7 Å². The molecule has 2 rings (SSSR count). The van der Waals surface area contributed by atoms with Gasteiger partial charge in [-0.05, 0) is 12.1 Å².